The third-order valence-corrected chi connectivity index (χ3v) is 2.05. The summed E-state index contributed by atoms with van der Waals surface area (Å²) in [7, 11) is 0. The molecule has 0 N–H and O–H groups in total. The molecule has 0 heterocycles. The van der Waals surface area contributed by atoms with Crippen LogP contribution in [0.25, 0.3) is 11.1 Å². The molecule has 1 radical (unpaired) electrons. The van der Waals surface area contributed by atoms with Crippen LogP contribution in [0.1, 0.15) is 5.56 Å². The average Bonchev–Trinajstić information content (AvgIpc) is 2.19. The van der Waals surface area contributed by atoms with Gasteiger partial charge >= 0.3 is 0 Å². The fourth-order valence-corrected chi connectivity index (χ4v) is 1.40. The molecule has 0 aliphatic carbocycles. The molecule has 0 aromatic heterocycles. The summed E-state index contributed by atoms with van der Waals surface area (Å²) in [5.41, 5.74) is 3.71. The Labute approximate surface area is 78.9 Å². The number of hydrogen-bond donors (Lipinski definition) is 0. The number of benzene rings is 2. The molecule has 0 aliphatic rings. The molecule has 2 aromatic carbocycles. The lowest BCUT2D eigenvalue weighted by Gasteiger charge is -2.01. The van der Waals surface area contributed by atoms with Crippen LogP contribution in [0.5, 0.6) is 0 Å². The van der Waals surface area contributed by atoms with Crippen molar-refractivity contribution in [2.24, 2.45) is 0 Å². The van der Waals surface area contributed by atoms with E-state index in [4.69, 9.17) is 0 Å². The zero-order valence-corrected chi connectivity index (χ0v) is 7.62. The second kappa shape index (κ2) is 3.44. The van der Waals surface area contributed by atoms with Gasteiger partial charge in [0.05, 0.1) is 0 Å². The van der Waals surface area contributed by atoms with Crippen LogP contribution < -0.4 is 0 Å². The molecule has 2 rings (SSSR count). The van der Waals surface area contributed by atoms with Crippen molar-refractivity contribution in [2.45, 2.75) is 6.92 Å². The summed E-state index contributed by atoms with van der Waals surface area (Å²) in [5, 5.41) is 0. The van der Waals surface area contributed by atoms with Gasteiger partial charge in [-0.1, -0.05) is 48.5 Å². The second-order valence-corrected chi connectivity index (χ2v) is 3.13. The van der Waals surface area contributed by atoms with Crippen LogP contribution in [-0.4, -0.2) is 0 Å². The van der Waals surface area contributed by atoms with Crippen LogP contribution in [-0.2, 0) is 0 Å². The second-order valence-electron chi connectivity index (χ2n) is 3.13. The van der Waals surface area contributed by atoms with Gasteiger partial charge in [-0.15, -0.1) is 0 Å². The average molecular weight is 167 g/mol. The third kappa shape index (κ3) is 1.78. The van der Waals surface area contributed by atoms with Crippen LogP contribution >= 0.6 is 0 Å². The van der Waals surface area contributed by atoms with Crippen LogP contribution in [0, 0.1) is 13.0 Å². The van der Waals surface area contributed by atoms with Crippen LogP contribution in [0.3, 0.4) is 0 Å². The molecular weight excluding hydrogens is 156 g/mol. The molecule has 13 heavy (non-hydrogen) atoms. The fraction of sp³-hybridized carbons (Fsp3) is 0.0769. The normalized spacial score (nSPS) is 9.92. The van der Waals surface area contributed by atoms with E-state index in [1.807, 2.05) is 12.1 Å². The van der Waals surface area contributed by atoms with Gasteiger partial charge in [-0.2, -0.15) is 0 Å². The Balaban J connectivity index is 2.48. The minimum Gasteiger partial charge on any atom is -0.0622 e. The third-order valence-electron chi connectivity index (χ3n) is 2.05. The van der Waals surface area contributed by atoms with Crippen molar-refractivity contribution in [3.05, 3.63) is 60.2 Å². The van der Waals surface area contributed by atoms with E-state index in [1.165, 1.54) is 16.7 Å². The number of hydrogen-bond acceptors (Lipinski definition) is 0. The smallest absolute Gasteiger partial charge is 0.0152 e. The maximum Gasteiger partial charge on any atom is -0.0152 e. The van der Waals surface area contributed by atoms with Gasteiger partial charge in [0.15, 0.2) is 0 Å². The first-order chi connectivity index (χ1) is 6.36. The van der Waals surface area contributed by atoms with Gasteiger partial charge in [0.2, 0.25) is 0 Å². The van der Waals surface area contributed by atoms with Crippen molar-refractivity contribution >= 4 is 0 Å². The minimum absolute atomic E-state index is 1.18. The molecule has 0 amide bonds. The molecule has 0 spiro atoms. The van der Waals surface area contributed by atoms with Crippen LogP contribution in [0.4, 0.5) is 0 Å². The van der Waals surface area contributed by atoms with E-state index in [0.717, 1.165) is 0 Å². The van der Waals surface area contributed by atoms with E-state index in [-0.39, 0.29) is 0 Å². The molecule has 0 bridgehead atoms. The molecule has 0 heteroatoms. The van der Waals surface area contributed by atoms with Crippen molar-refractivity contribution in [3.8, 4) is 11.1 Å². The molecule has 63 valence electrons. The quantitative estimate of drug-likeness (QED) is 0.610. The lowest BCUT2D eigenvalue weighted by atomic mass is 10.0. The highest BCUT2D eigenvalue weighted by Crippen LogP contribution is 2.18. The predicted molar refractivity (Wildman–Crippen MR) is 55.5 cm³/mol. The van der Waals surface area contributed by atoms with Crippen molar-refractivity contribution in [1.82, 2.24) is 0 Å². The molecular formula is C13H11. The maximum atomic E-state index is 3.14. The summed E-state index contributed by atoms with van der Waals surface area (Å²) in [6, 6.07) is 19.7. The van der Waals surface area contributed by atoms with Crippen molar-refractivity contribution in [3.63, 3.8) is 0 Å². The number of aryl methyl sites for hydroxylation is 1. The Morgan fingerprint density at radius 2 is 1.69 bits per heavy atom. The van der Waals surface area contributed by atoms with Crippen LogP contribution in [0.15, 0.2) is 48.5 Å². The summed E-state index contributed by atoms with van der Waals surface area (Å²) in [6.45, 7) is 2.06. The van der Waals surface area contributed by atoms with E-state index in [1.54, 1.807) is 0 Å². The Morgan fingerprint density at radius 3 is 2.38 bits per heavy atom. The molecule has 2 aromatic rings. The lowest BCUT2D eigenvalue weighted by Crippen LogP contribution is -1.78. The molecule has 0 saturated heterocycles. The van der Waals surface area contributed by atoms with Gasteiger partial charge in [0.25, 0.3) is 0 Å². The maximum absolute atomic E-state index is 3.14. The summed E-state index contributed by atoms with van der Waals surface area (Å²) in [6.07, 6.45) is 0. The molecule has 0 aliphatic heterocycles. The summed E-state index contributed by atoms with van der Waals surface area (Å²) in [4.78, 5) is 0. The summed E-state index contributed by atoms with van der Waals surface area (Å²) in [5.74, 6) is 0. The predicted octanol–water partition coefficient (Wildman–Crippen LogP) is 3.46. The highest BCUT2D eigenvalue weighted by Gasteiger charge is 1.94. The molecule has 0 saturated carbocycles. The zero-order chi connectivity index (χ0) is 9.10. The largest absolute Gasteiger partial charge is 0.0622 e. The monoisotopic (exact) mass is 167 g/mol. The van der Waals surface area contributed by atoms with E-state index in [0.29, 0.717) is 0 Å². The minimum atomic E-state index is 1.18. The van der Waals surface area contributed by atoms with Gasteiger partial charge in [-0.3, -0.25) is 0 Å². The molecule has 0 unspecified atom stereocenters. The van der Waals surface area contributed by atoms with E-state index in [2.05, 4.69) is 49.4 Å². The zero-order valence-electron chi connectivity index (χ0n) is 7.62. The highest BCUT2D eigenvalue weighted by atomic mass is 14.0. The van der Waals surface area contributed by atoms with Gasteiger partial charge in [0, 0.05) is 0 Å². The fourth-order valence-electron chi connectivity index (χ4n) is 1.40. The van der Waals surface area contributed by atoms with Gasteiger partial charge in [0.1, 0.15) is 0 Å². The molecule has 0 fully saturated rings. The highest BCUT2D eigenvalue weighted by molar-refractivity contribution is 5.63. The number of rotatable bonds is 1. The van der Waals surface area contributed by atoms with Gasteiger partial charge < -0.3 is 0 Å². The Hall–Kier alpha value is -1.56. The first kappa shape index (κ1) is 8.06. The van der Waals surface area contributed by atoms with Gasteiger partial charge in [-0.25, -0.2) is 0 Å². The Morgan fingerprint density at radius 1 is 0.923 bits per heavy atom. The van der Waals surface area contributed by atoms with E-state index in [9.17, 15) is 0 Å². The summed E-state index contributed by atoms with van der Waals surface area (Å²) >= 11 is 0. The first-order valence-corrected chi connectivity index (χ1v) is 4.40. The van der Waals surface area contributed by atoms with Crippen molar-refractivity contribution < 1.29 is 0 Å². The first-order valence-electron chi connectivity index (χ1n) is 4.40. The Kier molecular flexibility index (Phi) is 2.13. The van der Waals surface area contributed by atoms with Crippen molar-refractivity contribution in [1.29, 1.82) is 0 Å². The molecule has 0 nitrogen and oxygen atoms in total. The Bertz CT molecular complexity index is 388. The lowest BCUT2D eigenvalue weighted by molar-refractivity contribution is 1.45. The van der Waals surface area contributed by atoms with Gasteiger partial charge in [-0.05, 0) is 29.7 Å². The van der Waals surface area contributed by atoms with E-state index >= 15 is 0 Å². The SMILES string of the molecule is Cc1[c]ccc(-c2ccccc2)c1. The van der Waals surface area contributed by atoms with Crippen LogP contribution in [0.2, 0.25) is 0 Å². The topological polar surface area (TPSA) is 0 Å². The summed E-state index contributed by atoms with van der Waals surface area (Å²) < 4.78 is 0. The van der Waals surface area contributed by atoms with E-state index < -0.39 is 0 Å². The van der Waals surface area contributed by atoms with Crippen molar-refractivity contribution in [2.75, 3.05) is 0 Å². The molecule has 0 atom stereocenters. The standard InChI is InChI=1S/C13H11/c1-11-6-5-9-13(10-11)12-7-3-2-4-8-12/h2-5,7-10H,1H3.